The highest BCUT2D eigenvalue weighted by Crippen LogP contribution is 2.42. The van der Waals surface area contributed by atoms with Gasteiger partial charge in [-0.05, 0) is 87.9 Å². The fourth-order valence-electron chi connectivity index (χ4n) is 9.23. The van der Waals surface area contributed by atoms with Crippen molar-refractivity contribution in [3.05, 3.63) is 39.8 Å². The van der Waals surface area contributed by atoms with E-state index in [9.17, 15) is 57.8 Å². The molecule has 0 spiro atoms. The highest BCUT2D eigenvalue weighted by Gasteiger charge is 2.39. The average molecular weight is 1070 g/mol. The molecule has 3 unspecified atom stereocenters. The summed E-state index contributed by atoms with van der Waals surface area (Å²) in [6, 6.07) is 2.52. The van der Waals surface area contributed by atoms with Crippen LogP contribution < -0.4 is 15.2 Å². The van der Waals surface area contributed by atoms with Gasteiger partial charge in [-0.1, -0.05) is 53.5 Å². The summed E-state index contributed by atoms with van der Waals surface area (Å²) in [6.07, 6.45) is 5.06. The summed E-state index contributed by atoms with van der Waals surface area (Å²) in [7, 11) is -1.46. The molecule has 4 rings (SSSR count). The Kier molecular flexibility index (Phi) is 22.9. The van der Waals surface area contributed by atoms with E-state index >= 15 is 0 Å². The van der Waals surface area contributed by atoms with Gasteiger partial charge in [0.05, 0.1) is 22.9 Å². The van der Waals surface area contributed by atoms with Gasteiger partial charge in [-0.3, -0.25) is 57.9 Å². The molecule has 3 heterocycles. The third-order valence-corrected chi connectivity index (χ3v) is 15.9. The molecule has 20 nitrogen and oxygen atoms in total. The van der Waals surface area contributed by atoms with Crippen molar-refractivity contribution in [2.24, 2.45) is 23.7 Å². The molecular formula is C49H73N6O14PS2. The highest BCUT2D eigenvalue weighted by molar-refractivity contribution is 8.00. The smallest absolute Gasteiger partial charge is 0.481 e. The minimum Gasteiger partial charge on any atom is -0.481 e. The van der Waals surface area contributed by atoms with E-state index in [2.05, 4.69) is 20.5 Å². The lowest BCUT2D eigenvalue weighted by Gasteiger charge is -2.37. The standard InChI is InChI=1S/C49H73N6O14PS2/c1-10-29(4)34(24-39(57)37-15-11-13-19-53(37)7)47(61)54(8)38(28(2)3)25-41(68-31(6)56)46-52-36(27-72-46)45(60)50-33(21-30(5)49(63)64)22-32-17-18-40(69-70(65,66)67)35(23-32)51-43(58)16-12-14-20-55-44(59)26-42(71-9)48(55)62/h17-18,23,27-30,33-34,37-38,41-42H,10-16,19-22,24-26H2,1-9H3,(H,50,60)(H,51,58)(H,63,64)(H2,65,66,67)/t29-,30?,33+,34-,37?,38+,41+,42?/m0/s1. The van der Waals surface area contributed by atoms with E-state index in [1.807, 2.05) is 34.7 Å². The maximum Gasteiger partial charge on any atom is 0.524 e. The Bertz CT molecular complexity index is 2310. The van der Waals surface area contributed by atoms with Crippen LogP contribution in [0.4, 0.5) is 5.69 Å². The van der Waals surface area contributed by atoms with Gasteiger partial charge in [0.2, 0.25) is 23.6 Å². The maximum atomic E-state index is 14.4. The number of anilines is 1. The van der Waals surface area contributed by atoms with E-state index in [0.717, 1.165) is 37.1 Å². The number of piperidine rings is 1. The molecule has 0 radical (unpaired) electrons. The lowest BCUT2D eigenvalue weighted by Crippen LogP contribution is -2.48. The van der Waals surface area contributed by atoms with Gasteiger partial charge in [0.25, 0.3) is 5.91 Å². The number of carboxylic acid groups (broad SMARTS) is 1. The number of nitrogens with one attached hydrogen (secondary N) is 2. The van der Waals surface area contributed by atoms with Crippen LogP contribution in [0.3, 0.4) is 0 Å². The Morgan fingerprint density at radius 2 is 1.76 bits per heavy atom. The van der Waals surface area contributed by atoms with Crippen molar-refractivity contribution in [3.8, 4) is 5.75 Å². The second-order valence-corrected chi connectivity index (χ2v) is 22.5. The molecular weight excluding hydrogens is 992 g/mol. The maximum absolute atomic E-state index is 14.4. The van der Waals surface area contributed by atoms with E-state index < -0.39 is 66.8 Å². The first-order valence-corrected chi connectivity index (χ1v) is 28.2. The molecule has 2 fully saturated rings. The van der Waals surface area contributed by atoms with Crippen molar-refractivity contribution in [2.45, 2.75) is 148 Å². The zero-order valence-corrected chi connectivity index (χ0v) is 45.3. The number of phosphoric acid groups is 1. The number of ether oxygens (including phenoxy) is 1. The Morgan fingerprint density at radius 1 is 1.06 bits per heavy atom. The number of aromatic nitrogens is 1. The van der Waals surface area contributed by atoms with Crippen LogP contribution >= 0.6 is 30.9 Å². The summed E-state index contributed by atoms with van der Waals surface area (Å²) in [6.45, 7) is 11.6. The van der Waals surface area contributed by atoms with E-state index in [0.29, 0.717) is 18.4 Å². The van der Waals surface area contributed by atoms with Crippen molar-refractivity contribution in [1.82, 2.24) is 25.0 Å². The number of imide groups is 1. The summed E-state index contributed by atoms with van der Waals surface area (Å²) < 4.78 is 22.6. The number of carboxylic acids is 1. The second-order valence-electron chi connectivity index (χ2n) is 19.4. The number of aliphatic carboxylic acids is 1. The first kappa shape index (κ1) is 59.8. The van der Waals surface area contributed by atoms with Crippen molar-refractivity contribution < 1.29 is 67.1 Å². The van der Waals surface area contributed by atoms with E-state index in [-0.39, 0.29) is 115 Å². The quantitative estimate of drug-likeness (QED) is 0.0273. The molecule has 23 heteroatoms. The van der Waals surface area contributed by atoms with Crippen molar-refractivity contribution in [2.75, 3.05) is 38.8 Å². The third-order valence-electron chi connectivity index (χ3n) is 13.6. The van der Waals surface area contributed by atoms with Gasteiger partial charge >= 0.3 is 19.8 Å². The van der Waals surface area contributed by atoms with Crippen molar-refractivity contribution >= 4 is 83.9 Å². The number of amides is 5. The van der Waals surface area contributed by atoms with Crippen LogP contribution in [0.25, 0.3) is 0 Å². The fourth-order valence-corrected chi connectivity index (χ4v) is 11.1. The van der Waals surface area contributed by atoms with Gasteiger partial charge in [-0.15, -0.1) is 11.3 Å². The highest BCUT2D eigenvalue weighted by atomic mass is 32.2. The Labute approximate surface area is 430 Å². The minimum atomic E-state index is -5.11. The average Bonchev–Trinajstić information content (AvgIpc) is 3.91. The predicted molar refractivity (Wildman–Crippen MR) is 272 cm³/mol. The number of likely N-dealkylation sites (tertiary alicyclic amines) is 2. The number of Topliss-reactive ketones (excluding diaryl/α,β-unsaturated/α-hetero) is 1. The summed E-state index contributed by atoms with van der Waals surface area (Å²) >= 11 is 2.37. The van der Waals surface area contributed by atoms with Crippen LogP contribution in [0.2, 0.25) is 0 Å². The molecule has 2 saturated heterocycles. The van der Waals surface area contributed by atoms with Crippen LogP contribution in [0, 0.1) is 23.7 Å². The molecule has 1 aromatic heterocycles. The van der Waals surface area contributed by atoms with Crippen LogP contribution in [-0.4, -0.2) is 139 Å². The van der Waals surface area contributed by atoms with Gasteiger partial charge < -0.3 is 29.9 Å². The van der Waals surface area contributed by atoms with E-state index in [4.69, 9.17) is 9.26 Å². The molecule has 400 valence electrons. The molecule has 0 saturated carbocycles. The molecule has 0 aliphatic carbocycles. The number of carbonyl (C=O) groups is 8. The molecule has 0 bridgehead atoms. The van der Waals surface area contributed by atoms with Gasteiger partial charge in [-0.25, -0.2) is 9.55 Å². The number of ketones is 1. The van der Waals surface area contributed by atoms with E-state index in [1.54, 1.807) is 18.2 Å². The lowest BCUT2D eigenvalue weighted by atomic mass is 9.83. The number of esters is 1. The number of unbranched alkanes of at least 4 members (excludes halogenated alkanes) is 1. The topological polar surface area (TPSA) is 279 Å². The molecule has 2 aromatic rings. The monoisotopic (exact) mass is 1060 g/mol. The number of phosphoric ester groups is 1. The Hall–Kier alpha value is -4.73. The number of nitrogens with zero attached hydrogens (tertiary/aromatic N) is 4. The number of hydrogen-bond donors (Lipinski definition) is 5. The van der Waals surface area contributed by atoms with Crippen LogP contribution in [0.5, 0.6) is 5.75 Å². The first-order valence-electron chi connectivity index (χ1n) is 24.5. The normalized spacial score (nSPS) is 19.0. The largest absolute Gasteiger partial charge is 0.524 e. The van der Waals surface area contributed by atoms with Gasteiger partial charge in [0, 0.05) is 69.6 Å². The molecule has 5 N–H and O–H groups in total. The van der Waals surface area contributed by atoms with Gasteiger partial charge in [0.15, 0.2) is 17.6 Å². The van der Waals surface area contributed by atoms with Crippen molar-refractivity contribution in [3.63, 3.8) is 0 Å². The van der Waals surface area contributed by atoms with Crippen molar-refractivity contribution in [1.29, 1.82) is 0 Å². The molecule has 72 heavy (non-hydrogen) atoms. The number of likely N-dealkylation sites (N-methyl/N-ethyl adjacent to an activating group) is 1. The zero-order valence-electron chi connectivity index (χ0n) is 42.8. The molecule has 2 aliphatic rings. The summed E-state index contributed by atoms with van der Waals surface area (Å²) in [5.74, 6) is -5.68. The van der Waals surface area contributed by atoms with Gasteiger partial charge in [0.1, 0.15) is 10.7 Å². The fraction of sp³-hybridized carbons (Fsp3) is 0.653. The number of hydrogen-bond acceptors (Lipinski definition) is 15. The number of rotatable bonds is 28. The molecule has 8 atom stereocenters. The minimum absolute atomic E-state index is 0.0125. The Balaban J connectivity index is 1.52. The lowest BCUT2D eigenvalue weighted by molar-refractivity contribution is -0.150. The molecule has 1 aromatic carbocycles. The molecule has 2 aliphatic heterocycles. The summed E-state index contributed by atoms with van der Waals surface area (Å²) in [5.41, 5.74) is 0.275. The number of thioether (sulfide) groups is 1. The second kappa shape index (κ2) is 27.5. The Morgan fingerprint density at radius 3 is 2.36 bits per heavy atom. The predicted octanol–water partition coefficient (Wildman–Crippen LogP) is 6.25. The van der Waals surface area contributed by atoms with Gasteiger partial charge in [-0.2, -0.15) is 11.8 Å². The SMILES string of the molecule is CC[C@H](C)[C@H](CC(=O)C1CCCCN1C)C(=O)N(C)[C@H](C[C@@H](OC(C)=O)c1nc(C(=O)N[C@@H](Cc2ccc(OP(=O)(O)O)c(NC(=O)CCCCN3C(=O)CC(SC)C3=O)c2)CC(C)C(=O)O)cs1)C(C)C. The molecule has 5 amide bonds. The van der Waals surface area contributed by atoms with Crippen LogP contribution in [-0.2, 0) is 49.3 Å². The number of benzene rings is 1. The summed E-state index contributed by atoms with van der Waals surface area (Å²) in [5, 5.41) is 16.7. The third kappa shape index (κ3) is 17.5. The number of carbonyl (C=O) groups excluding carboxylic acids is 7. The summed E-state index contributed by atoms with van der Waals surface area (Å²) in [4.78, 5) is 133. The number of thiazole rings is 1. The van der Waals surface area contributed by atoms with Crippen LogP contribution in [0.15, 0.2) is 23.6 Å². The van der Waals surface area contributed by atoms with E-state index in [1.165, 1.54) is 54.1 Å². The zero-order chi connectivity index (χ0) is 53.6. The van der Waals surface area contributed by atoms with Crippen LogP contribution in [0.1, 0.15) is 139 Å². The first-order chi connectivity index (χ1) is 33.8.